The van der Waals surface area contributed by atoms with E-state index in [1.165, 1.54) is 12.1 Å². The number of ether oxygens (including phenoxy) is 1. The second kappa shape index (κ2) is 9.24. The van der Waals surface area contributed by atoms with Gasteiger partial charge in [0.05, 0.1) is 6.04 Å². The number of methoxy groups -OCH3 is 1. The van der Waals surface area contributed by atoms with E-state index in [2.05, 4.69) is 0 Å². The van der Waals surface area contributed by atoms with Crippen molar-refractivity contribution in [2.75, 3.05) is 26.9 Å². The fourth-order valence-corrected chi connectivity index (χ4v) is 2.29. The lowest BCUT2D eigenvalue weighted by Gasteiger charge is -2.29. The lowest BCUT2D eigenvalue weighted by Crippen LogP contribution is -2.45. The van der Waals surface area contributed by atoms with Gasteiger partial charge in [0.15, 0.2) is 0 Å². The molecule has 0 aliphatic heterocycles. The van der Waals surface area contributed by atoms with Gasteiger partial charge in [0.2, 0.25) is 5.91 Å². The van der Waals surface area contributed by atoms with Crippen molar-refractivity contribution in [3.8, 4) is 11.5 Å². The molecule has 5 N–H and O–H groups in total. The highest BCUT2D eigenvalue weighted by Gasteiger charge is 2.24. The summed E-state index contributed by atoms with van der Waals surface area (Å²) in [6, 6.07) is 3.67. The van der Waals surface area contributed by atoms with Crippen molar-refractivity contribution in [2.24, 2.45) is 5.73 Å². The number of aromatic hydroxyl groups is 2. The zero-order valence-corrected chi connectivity index (χ0v) is 12.7. The lowest BCUT2D eigenvalue weighted by molar-refractivity contribution is -0.124. The first kappa shape index (κ1) is 18.2. The third-order valence-corrected chi connectivity index (χ3v) is 3.41. The Balaban J connectivity index is 2.90. The number of hydrogen-bond acceptors (Lipinski definition) is 6. The van der Waals surface area contributed by atoms with E-state index in [0.717, 1.165) is 0 Å². The van der Waals surface area contributed by atoms with Gasteiger partial charge in [-0.15, -0.1) is 0 Å². The largest absolute Gasteiger partial charge is 0.508 e. The Bertz CT molecular complexity index is 481. The van der Waals surface area contributed by atoms with Crippen LogP contribution in [0, 0.1) is 0 Å². The number of carbonyl (C=O) groups excluding carboxylic acids is 1. The molecule has 0 aliphatic rings. The van der Waals surface area contributed by atoms with Crippen LogP contribution in [0.5, 0.6) is 11.5 Å². The third-order valence-electron chi connectivity index (χ3n) is 3.41. The molecule has 0 saturated carbocycles. The maximum absolute atomic E-state index is 11.6. The number of aliphatic hydroxyl groups excluding tert-OH is 1. The summed E-state index contributed by atoms with van der Waals surface area (Å²) in [5.41, 5.74) is 5.99. The van der Waals surface area contributed by atoms with E-state index < -0.39 is 11.9 Å². The number of nitrogens with two attached hydrogens (primary N) is 1. The lowest BCUT2D eigenvalue weighted by atomic mass is 10.1. The molecule has 7 heteroatoms. The molecule has 0 fully saturated rings. The number of nitrogens with zero attached hydrogens (tertiary/aromatic N) is 1. The normalized spacial score (nSPS) is 12.5. The summed E-state index contributed by atoms with van der Waals surface area (Å²) in [4.78, 5) is 13.4. The highest BCUT2D eigenvalue weighted by atomic mass is 16.5. The Hall–Kier alpha value is -1.83. The van der Waals surface area contributed by atoms with Gasteiger partial charge in [-0.25, -0.2) is 0 Å². The van der Waals surface area contributed by atoms with E-state index in [9.17, 15) is 15.0 Å². The van der Waals surface area contributed by atoms with Crippen LogP contribution in [0.25, 0.3) is 0 Å². The van der Waals surface area contributed by atoms with Gasteiger partial charge >= 0.3 is 0 Å². The molecule has 0 bridgehead atoms. The molecular weight excluding hydrogens is 288 g/mol. The molecule has 7 nitrogen and oxygen atoms in total. The number of primary amides is 1. The van der Waals surface area contributed by atoms with Crippen LogP contribution in [0.2, 0.25) is 0 Å². The number of phenols is 2. The first-order chi connectivity index (χ1) is 10.5. The van der Waals surface area contributed by atoms with Crippen LogP contribution in [0.3, 0.4) is 0 Å². The molecule has 0 heterocycles. The Morgan fingerprint density at radius 3 is 2.68 bits per heavy atom. The monoisotopic (exact) mass is 312 g/mol. The molecule has 1 aromatic carbocycles. The number of amides is 1. The first-order valence-electron chi connectivity index (χ1n) is 7.13. The predicted molar refractivity (Wildman–Crippen MR) is 81.4 cm³/mol. The maximum atomic E-state index is 11.6. The van der Waals surface area contributed by atoms with Gasteiger partial charge in [-0.2, -0.15) is 0 Å². The summed E-state index contributed by atoms with van der Waals surface area (Å²) in [6.45, 7) is 1.18. The standard InChI is InChI=1S/C15H24N2O5/c1-22-8-2-6-17(13(5-7-18)15(16)21)10-11-3-4-12(19)9-14(11)20/h3-4,9,13,18-20H,2,5-8,10H2,1H3,(H2,16,21). The second-order valence-electron chi connectivity index (χ2n) is 5.06. The predicted octanol–water partition coefficient (Wildman–Crippen LogP) is 0.173. The fourth-order valence-electron chi connectivity index (χ4n) is 2.29. The van der Waals surface area contributed by atoms with Crippen LogP contribution in [-0.4, -0.2) is 59.0 Å². The van der Waals surface area contributed by atoms with Crippen molar-refractivity contribution in [1.82, 2.24) is 4.90 Å². The average molecular weight is 312 g/mol. The molecule has 1 aromatic rings. The van der Waals surface area contributed by atoms with Crippen LogP contribution < -0.4 is 5.73 Å². The van der Waals surface area contributed by atoms with Crippen LogP contribution in [0.1, 0.15) is 18.4 Å². The van der Waals surface area contributed by atoms with Gasteiger partial charge in [0.25, 0.3) is 0 Å². The molecule has 1 unspecified atom stereocenters. The molecule has 22 heavy (non-hydrogen) atoms. The van der Waals surface area contributed by atoms with Crippen molar-refractivity contribution in [3.05, 3.63) is 23.8 Å². The summed E-state index contributed by atoms with van der Waals surface area (Å²) >= 11 is 0. The van der Waals surface area contributed by atoms with Gasteiger partial charge in [0, 0.05) is 45.0 Å². The van der Waals surface area contributed by atoms with Gasteiger partial charge < -0.3 is 25.8 Å². The maximum Gasteiger partial charge on any atom is 0.234 e. The zero-order chi connectivity index (χ0) is 16.5. The van der Waals surface area contributed by atoms with E-state index in [1.54, 1.807) is 18.1 Å². The first-order valence-corrected chi connectivity index (χ1v) is 7.13. The topological polar surface area (TPSA) is 116 Å². The number of carbonyl (C=O) groups is 1. The number of rotatable bonds is 10. The highest BCUT2D eigenvalue weighted by molar-refractivity contribution is 5.79. The Kier molecular flexibility index (Phi) is 7.65. The van der Waals surface area contributed by atoms with Gasteiger partial charge in [-0.1, -0.05) is 6.07 Å². The molecule has 1 amide bonds. The van der Waals surface area contributed by atoms with E-state index in [-0.39, 0.29) is 31.1 Å². The Morgan fingerprint density at radius 1 is 1.41 bits per heavy atom. The second-order valence-corrected chi connectivity index (χ2v) is 5.06. The minimum atomic E-state index is -0.630. The van der Waals surface area contributed by atoms with E-state index >= 15 is 0 Å². The van der Waals surface area contributed by atoms with Crippen LogP contribution in [-0.2, 0) is 16.1 Å². The highest BCUT2D eigenvalue weighted by Crippen LogP contribution is 2.25. The molecule has 0 saturated heterocycles. The molecule has 0 spiro atoms. The SMILES string of the molecule is COCCCN(Cc1ccc(O)cc1O)C(CCO)C(N)=O. The number of hydrogen-bond donors (Lipinski definition) is 4. The van der Waals surface area contributed by atoms with Gasteiger partial charge in [-0.3, -0.25) is 9.69 Å². The van der Waals surface area contributed by atoms with Crippen LogP contribution in [0.4, 0.5) is 0 Å². The number of phenolic OH excluding ortho intramolecular Hbond substituents is 2. The van der Waals surface area contributed by atoms with Gasteiger partial charge in [-0.05, 0) is 18.9 Å². The number of aliphatic hydroxyl groups is 1. The van der Waals surface area contributed by atoms with Gasteiger partial charge in [0.1, 0.15) is 11.5 Å². The average Bonchev–Trinajstić information content (AvgIpc) is 2.46. The molecule has 0 radical (unpaired) electrons. The van der Waals surface area contributed by atoms with Crippen molar-refractivity contribution in [2.45, 2.75) is 25.4 Å². The minimum absolute atomic E-state index is 0.0333. The molecule has 0 aromatic heterocycles. The zero-order valence-electron chi connectivity index (χ0n) is 12.7. The summed E-state index contributed by atoms with van der Waals surface area (Å²) in [5.74, 6) is -0.609. The Morgan fingerprint density at radius 2 is 2.14 bits per heavy atom. The molecule has 0 aliphatic carbocycles. The van der Waals surface area contributed by atoms with Crippen molar-refractivity contribution in [3.63, 3.8) is 0 Å². The van der Waals surface area contributed by atoms with E-state index in [0.29, 0.717) is 25.1 Å². The number of benzene rings is 1. The molecule has 1 rings (SSSR count). The van der Waals surface area contributed by atoms with Crippen LogP contribution in [0.15, 0.2) is 18.2 Å². The molecular formula is C15H24N2O5. The summed E-state index contributed by atoms with van der Waals surface area (Å²) < 4.78 is 5.01. The van der Waals surface area contributed by atoms with E-state index in [1.807, 2.05) is 0 Å². The smallest absolute Gasteiger partial charge is 0.234 e. The van der Waals surface area contributed by atoms with Crippen molar-refractivity contribution >= 4 is 5.91 Å². The summed E-state index contributed by atoms with van der Waals surface area (Å²) in [5, 5.41) is 28.3. The van der Waals surface area contributed by atoms with Crippen molar-refractivity contribution in [1.29, 1.82) is 0 Å². The summed E-state index contributed by atoms with van der Waals surface area (Å²) in [6.07, 6.45) is 0.908. The minimum Gasteiger partial charge on any atom is -0.508 e. The molecule has 124 valence electrons. The van der Waals surface area contributed by atoms with Crippen molar-refractivity contribution < 1.29 is 24.9 Å². The fraction of sp³-hybridized carbons (Fsp3) is 0.533. The summed E-state index contributed by atoms with van der Waals surface area (Å²) in [7, 11) is 1.59. The Labute approximate surface area is 129 Å². The third kappa shape index (κ3) is 5.51. The molecule has 1 atom stereocenters. The van der Waals surface area contributed by atoms with Crippen LogP contribution >= 0.6 is 0 Å². The quantitative estimate of drug-likeness (QED) is 0.458. The van der Waals surface area contributed by atoms with E-state index in [4.69, 9.17) is 15.6 Å².